The number of amides is 1. The SMILES string of the molecule is NCCCCCCNC(=O)C1CCS(=O)(=O)N1CCC1CCCCC1. The quantitative estimate of drug-likeness (QED) is 0.573. The van der Waals surface area contributed by atoms with E-state index in [2.05, 4.69) is 5.32 Å². The van der Waals surface area contributed by atoms with E-state index in [9.17, 15) is 13.2 Å². The van der Waals surface area contributed by atoms with Crippen LogP contribution in [0.1, 0.15) is 70.6 Å². The summed E-state index contributed by atoms with van der Waals surface area (Å²) in [5, 5.41) is 2.93. The van der Waals surface area contributed by atoms with Crippen molar-refractivity contribution >= 4 is 15.9 Å². The molecule has 1 aliphatic carbocycles. The number of carbonyl (C=O) groups excluding carboxylic acids is 1. The molecule has 7 heteroatoms. The molecular weight excluding hydrogens is 338 g/mol. The summed E-state index contributed by atoms with van der Waals surface area (Å²) in [6, 6.07) is -0.502. The monoisotopic (exact) mass is 373 g/mol. The predicted octanol–water partition coefficient (Wildman–Crippen LogP) is 2.00. The van der Waals surface area contributed by atoms with E-state index >= 15 is 0 Å². The topological polar surface area (TPSA) is 92.5 Å². The van der Waals surface area contributed by atoms with Gasteiger partial charge in [0.2, 0.25) is 15.9 Å². The molecule has 0 aromatic heterocycles. The number of unbranched alkanes of at least 4 members (excludes halogenated alkanes) is 3. The molecule has 0 radical (unpaired) electrons. The second-order valence-electron chi connectivity index (χ2n) is 7.52. The minimum atomic E-state index is -3.27. The summed E-state index contributed by atoms with van der Waals surface area (Å²) in [7, 11) is -3.27. The number of hydrogen-bond donors (Lipinski definition) is 2. The Morgan fingerprint density at radius 2 is 1.76 bits per heavy atom. The summed E-state index contributed by atoms with van der Waals surface area (Å²) in [5.74, 6) is 0.603. The third kappa shape index (κ3) is 6.53. The van der Waals surface area contributed by atoms with Crippen LogP contribution in [-0.2, 0) is 14.8 Å². The molecule has 1 saturated carbocycles. The van der Waals surface area contributed by atoms with Crippen LogP contribution in [0, 0.1) is 5.92 Å². The first-order valence-corrected chi connectivity index (χ1v) is 11.6. The Labute approximate surface area is 153 Å². The lowest BCUT2D eigenvalue weighted by Gasteiger charge is -2.26. The second kappa shape index (κ2) is 10.5. The third-order valence-electron chi connectivity index (χ3n) is 5.57. The van der Waals surface area contributed by atoms with Gasteiger partial charge in [-0.25, -0.2) is 8.42 Å². The maximum absolute atomic E-state index is 12.4. The van der Waals surface area contributed by atoms with E-state index in [0.29, 0.717) is 32.0 Å². The summed E-state index contributed by atoms with van der Waals surface area (Å²) in [6.07, 6.45) is 11.6. The fourth-order valence-electron chi connectivity index (χ4n) is 4.01. The molecule has 3 N–H and O–H groups in total. The summed E-state index contributed by atoms with van der Waals surface area (Å²) >= 11 is 0. The van der Waals surface area contributed by atoms with Crippen LogP contribution in [0.3, 0.4) is 0 Å². The van der Waals surface area contributed by atoms with Gasteiger partial charge in [0.25, 0.3) is 0 Å². The molecule has 0 spiro atoms. The molecule has 1 amide bonds. The van der Waals surface area contributed by atoms with Gasteiger partial charge in [0, 0.05) is 13.1 Å². The van der Waals surface area contributed by atoms with Crippen molar-refractivity contribution in [1.29, 1.82) is 0 Å². The highest BCUT2D eigenvalue weighted by molar-refractivity contribution is 7.89. The lowest BCUT2D eigenvalue weighted by molar-refractivity contribution is -0.124. The number of nitrogens with two attached hydrogens (primary N) is 1. The average Bonchev–Trinajstić information content (AvgIpc) is 2.91. The number of rotatable bonds is 10. The molecule has 146 valence electrons. The molecule has 0 aromatic carbocycles. The van der Waals surface area contributed by atoms with Gasteiger partial charge in [0.1, 0.15) is 6.04 Å². The Morgan fingerprint density at radius 1 is 1.04 bits per heavy atom. The molecule has 1 saturated heterocycles. The average molecular weight is 374 g/mol. The van der Waals surface area contributed by atoms with E-state index < -0.39 is 16.1 Å². The van der Waals surface area contributed by atoms with Gasteiger partial charge in [0.15, 0.2) is 0 Å². The molecule has 1 atom stereocenters. The highest BCUT2D eigenvalue weighted by Gasteiger charge is 2.41. The van der Waals surface area contributed by atoms with Gasteiger partial charge in [-0.1, -0.05) is 44.9 Å². The van der Waals surface area contributed by atoms with Gasteiger partial charge < -0.3 is 11.1 Å². The number of hydrogen-bond acceptors (Lipinski definition) is 4. The number of sulfonamides is 1. The lowest BCUT2D eigenvalue weighted by Crippen LogP contribution is -2.45. The van der Waals surface area contributed by atoms with Crippen molar-refractivity contribution in [3.05, 3.63) is 0 Å². The van der Waals surface area contributed by atoms with E-state index in [0.717, 1.165) is 32.1 Å². The van der Waals surface area contributed by atoms with E-state index in [1.54, 1.807) is 0 Å². The van der Waals surface area contributed by atoms with Gasteiger partial charge in [-0.2, -0.15) is 4.31 Å². The lowest BCUT2D eigenvalue weighted by atomic mass is 9.87. The van der Waals surface area contributed by atoms with Crippen LogP contribution in [-0.4, -0.2) is 50.1 Å². The van der Waals surface area contributed by atoms with Crippen molar-refractivity contribution in [1.82, 2.24) is 9.62 Å². The Morgan fingerprint density at radius 3 is 2.48 bits per heavy atom. The standard InChI is InChI=1S/C18H35N3O3S/c19-12-6-1-2-7-13-20-18(22)17-11-15-25(23,24)21(17)14-10-16-8-4-3-5-9-16/h16-17H,1-15,19H2,(H,20,22). The minimum absolute atomic E-state index is 0.103. The molecule has 1 aliphatic heterocycles. The first-order chi connectivity index (χ1) is 12.0. The maximum atomic E-state index is 12.4. The summed E-state index contributed by atoms with van der Waals surface area (Å²) < 4.78 is 26.1. The molecule has 2 aliphatic rings. The van der Waals surface area contributed by atoms with Gasteiger partial charge in [-0.15, -0.1) is 0 Å². The summed E-state index contributed by atoms with van der Waals surface area (Å²) in [4.78, 5) is 12.4. The molecule has 0 bridgehead atoms. The third-order valence-corrected chi connectivity index (χ3v) is 7.47. The van der Waals surface area contributed by atoms with Crippen LogP contribution in [0.2, 0.25) is 0 Å². The first kappa shape index (κ1) is 20.6. The molecule has 25 heavy (non-hydrogen) atoms. The van der Waals surface area contributed by atoms with Crippen LogP contribution in [0.5, 0.6) is 0 Å². The van der Waals surface area contributed by atoms with Crippen LogP contribution in [0.4, 0.5) is 0 Å². The summed E-state index contributed by atoms with van der Waals surface area (Å²) in [6.45, 7) is 1.83. The zero-order valence-corrected chi connectivity index (χ0v) is 16.2. The molecule has 6 nitrogen and oxygen atoms in total. The van der Waals surface area contributed by atoms with Gasteiger partial charge in [0.05, 0.1) is 5.75 Å². The molecule has 2 rings (SSSR count). The first-order valence-electron chi connectivity index (χ1n) is 10.0. The molecule has 1 heterocycles. The normalized spacial score (nSPS) is 24.4. The van der Waals surface area contributed by atoms with E-state index in [-0.39, 0.29) is 11.7 Å². The Hall–Kier alpha value is -0.660. The van der Waals surface area contributed by atoms with Crippen LogP contribution >= 0.6 is 0 Å². The number of carbonyl (C=O) groups is 1. The molecule has 1 unspecified atom stereocenters. The fourth-order valence-corrected chi connectivity index (χ4v) is 5.74. The van der Waals surface area contributed by atoms with Gasteiger partial charge >= 0.3 is 0 Å². The van der Waals surface area contributed by atoms with Crippen molar-refractivity contribution in [3.63, 3.8) is 0 Å². The smallest absolute Gasteiger partial charge is 0.238 e. The molecule has 2 fully saturated rings. The number of nitrogens with zero attached hydrogens (tertiary/aromatic N) is 1. The fraction of sp³-hybridized carbons (Fsp3) is 0.944. The minimum Gasteiger partial charge on any atom is -0.355 e. The number of nitrogens with one attached hydrogen (secondary N) is 1. The van der Waals surface area contributed by atoms with Crippen molar-refractivity contribution < 1.29 is 13.2 Å². The Kier molecular flexibility index (Phi) is 8.66. The van der Waals surface area contributed by atoms with Crippen LogP contribution < -0.4 is 11.1 Å². The highest BCUT2D eigenvalue weighted by atomic mass is 32.2. The molecule has 0 aromatic rings. The van der Waals surface area contributed by atoms with Crippen molar-refractivity contribution in [2.45, 2.75) is 76.7 Å². The van der Waals surface area contributed by atoms with E-state index in [1.807, 2.05) is 0 Å². The largest absolute Gasteiger partial charge is 0.355 e. The van der Waals surface area contributed by atoms with Crippen molar-refractivity contribution in [2.24, 2.45) is 11.7 Å². The maximum Gasteiger partial charge on any atom is 0.238 e. The van der Waals surface area contributed by atoms with Crippen molar-refractivity contribution in [2.75, 3.05) is 25.4 Å². The Balaban J connectivity index is 1.77. The van der Waals surface area contributed by atoms with Crippen LogP contribution in [0.25, 0.3) is 0 Å². The highest BCUT2D eigenvalue weighted by Crippen LogP contribution is 2.29. The van der Waals surface area contributed by atoms with Gasteiger partial charge in [-0.3, -0.25) is 4.79 Å². The molecular formula is C18H35N3O3S. The van der Waals surface area contributed by atoms with E-state index in [1.165, 1.54) is 36.4 Å². The second-order valence-corrected chi connectivity index (χ2v) is 9.56. The predicted molar refractivity (Wildman–Crippen MR) is 101 cm³/mol. The van der Waals surface area contributed by atoms with Crippen molar-refractivity contribution in [3.8, 4) is 0 Å². The zero-order valence-electron chi connectivity index (χ0n) is 15.4. The van der Waals surface area contributed by atoms with Crippen LogP contribution in [0.15, 0.2) is 0 Å². The van der Waals surface area contributed by atoms with Gasteiger partial charge in [-0.05, 0) is 38.1 Å². The summed E-state index contributed by atoms with van der Waals surface area (Å²) in [5.41, 5.74) is 5.47. The Bertz CT molecular complexity index is 504. The zero-order chi connectivity index (χ0) is 18.1. The van der Waals surface area contributed by atoms with E-state index in [4.69, 9.17) is 5.73 Å².